The summed E-state index contributed by atoms with van der Waals surface area (Å²) in [5, 5.41) is 3.01. The van der Waals surface area contributed by atoms with Gasteiger partial charge in [0.2, 0.25) is 0 Å². The Morgan fingerprint density at radius 2 is 1.95 bits per heavy atom. The first-order chi connectivity index (χ1) is 8.78. The zero-order valence-corrected chi connectivity index (χ0v) is 11.8. The number of halogens is 2. The monoisotopic (exact) mass is 291 g/mol. The molecule has 0 spiro atoms. The van der Waals surface area contributed by atoms with Gasteiger partial charge in [0, 0.05) is 12.1 Å². The van der Waals surface area contributed by atoms with Gasteiger partial charge in [0.25, 0.3) is 0 Å². The predicted molar refractivity (Wildman–Crippen MR) is 72.7 cm³/mol. The highest BCUT2D eigenvalue weighted by atomic mass is 32.2. The van der Waals surface area contributed by atoms with Crippen LogP contribution in [-0.2, 0) is 17.5 Å². The zero-order chi connectivity index (χ0) is 14.5. The molecule has 2 N–H and O–H groups in total. The fourth-order valence-electron chi connectivity index (χ4n) is 1.78. The van der Waals surface area contributed by atoms with Crippen LogP contribution in [0.25, 0.3) is 0 Å². The Morgan fingerprint density at radius 1 is 1.37 bits per heavy atom. The Labute approximate surface area is 114 Å². The second-order valence-electron chi connectivity index (χ2n) is 5.15. The first-order valence-electron chi connectivity index (χ1n) is 5.99. The molecule has 1 aromatic rings. The maximum absolute atomic E-state index is 13.3. The van der Waals surface area contributed by atoms with Crippen LogP contribution in [0.5, 0.6) is 0 Å². The molecule has 1 rings (SSSR count). The Kier molecular flexibility index (Phi) is 6.03. The third-order valence-corrected chi connectivity index (χ3v) is 3.33. The molecule has 0 aliphatic carbocycles. The van der Waals surface area contributed by atoms with Gasteiger partial charge in [0.1, 0.15) is 12.0 Å². The van der Waals surface area contributed by atoms with Gasteiger partial charge in [-0.2, -0.15) is 0 Å². The number of rotatable bonds is 7. The van der Waals surface area contributed by atoms with Crippen LogP contribution >= 0.6 is 0 Å². The molecule has 0 amide bonds. The van der Waals surface area contributed by atoms with Crippen molar-refractivity contribution in [3.63, 3.8) is 0 Å². The van der Waals surface area contributed by atoms with E-state index < -0.39 is 17.3 Å². The number of benzene rings is 1. The highest BCUT2D eigenvalue weighted by molar-refractivity contribution is 7.79. The molecule has 0 fully saturated rings. The Morgan fingerprint density at radius 3 is 2.47 bits per heavy atom. The van der Waals surface area contributed by atoms with Crippen LogP contribution in [0.2, 0.25) is 0 Å². The molecule has 0 aromatic heterocycles. The molecule has 3 nitrogen and oxygen atoms in total. The van der Waals surface area contributed by atoms with Crippen molar-refractivity contribution < 1.29 is 17.5 Å². The number of hydrogen-bond donors (Lipinski definition) is 2. The first kappa shape index (κ1) is 16.2. The molecular weight excluding hydrogens is 272 g/mol. The van der Waals surface area contributed by atoms with Crippen molar-refractivity contribution in [2.75, 3.05) is 12.3 Å². The van der Waals surface area contributed by atoms with Gasteiger partial charge in [-0.3, -0.25) is 0 Å². The average Bonchev–Trinajstić information content (AvgIpc) is 2.29. The molecule has 0 saturated carbocycles. The Bertz CT molecular complexity index is 423. The fraction of sp³-hybridized carbons (Fsp3) is 0.538. The van der Waals surface area contributed by atoms with Crippen molar-refractivity contribution in [2.24, 2.45) is 0 Å². The largest absolute Gasteiger partial charge is 0.309 e. The third-order valence-electron chi connectivity index (χ3n) is 2.68. The minimum absolute atomic E-state index is 0.0144. The van der Waals surface area contributed by atoms with Crippen LogP contribution in [0.1, 0.15) is 19.4 Å². The lowest BCUT2D eigenvalue weighted by atomic mass is 9.95. The van der Waals surface area contributed by atoms with E-state index in [0.717, 1.165) is 5.56 Å². The summed E-state index contributed by atoms with van der Waals surface area (Å²) < 4.78 is 45.1. The van der Waals surface area contributed by atoms with E-state index in [1.165, 1.54) is 12.1 Å². The lowest BCUT2D eigenvalue weighted by Crippen LogP contribution is -2.45. The standard InChI is InChI=1S/C13H19F2NO2S/c1-13(2,16-8-12(15)9-19(17)18)7-10-3-5-11(14)6-4-10/h3-6,12,16H,7-9H2,1-2H3,(H,17,18). The molecule has 0 bridgehead atoms. The van der Waals surface area contributed by atoms with Crippen LogP contribution in [0.4, 0.5) is 8.78 Å². The van der Waals surface area contributed by atoms with Crippen molar-refractivity contribution >= 4 is 11.1 Å². The van der Waals surface area contributed by atoms with E-state index >= 15 is 0 Å². The number of nitrogens with one attached hydrogen (secondary N) is 1. The minimum atomic E-state index is -2.12. The minimum Gasteiger partial charge on any atom is -0.309 e. The van der Waals surface area contributed by atoms with Crippen LogP contribution < -0.4 is 5.32 Å². The quantitative estimate of drug-likeness (QED) is 0.758. The van der Waals surface area contributed by atoms with Crippen molar-refractivity contribution in [2.45, 2.75) is 32.0 Å². The van der Waals surface area contributed by atoms with Gasteiger partial charge in [0.15, 0.2) is 11.1 Å². The van der Waals surface area contributed by atoms with Gasteiger partial charge >= 0.3 is 0 Å². The van der Waals surface area contributed by atoms with Crippen LogP contribution in [0.15, 0.2) is 24.3 Å². The summed E-state index contributed by atoms with van der Waals surface area (Å²) >= 11 is -2.12. The van der Waals surface area contributed by atoms with E-state index in [4.69, 9.17) is 4.55 Å². The second kappa shape index (κ2) is 7.07. The molecular formula is C13H19F2NO2S. The van der Waals surface area contributed by atoms with E-state index in [1.807, 2.05) is 13.8 Å². The zero-order valence-electron chi connectivity index (χ0n) is 11.0. The van der Waals surface area contributed by atoms with Crippen molar-refractivity contribution in [1.29, 1.82) is 0 Å². The van der Waals surface area contributed by atoms with Gasteiger partial charge in [-0.05, 0) is 38.0 Å². The van der Waals surface area contributed by atoms with E-state index in [0.29, 0.717) is 6.42 Å². The average molecular weight is 291 g/mol. The molecule has 2 unspecified atom stereocenters. The number of alkyl halides is 1. The van der Waals surface area contributed by atoms with E-state index in [-0.39, 0.29) is 23.7 Å². The number of hydrogen-bond acceptors (Lipinski definition) is 2. The normalized spacial score (nSPS) is 15.2. The molecule has 0 heterocycles. The molecule has 19 heavy (non-hydrogen) atoms. The van der Waals surface area contributed by atoms with Crippen molar-refractivity contribution in [3.05, 3.63) is 35.6 Å². The van der Waals surface area contributed by atoms with Crippen molar-refractivity contribution in [3.8, 4) is 0 Å². The molecule has 0 aliphatic heterocycles. The van der Waals surface area contributed by atoms with Gasteiger partial charge < -0.3 is 9.87 Å². The van der Waals surface area contributed by atoms with Crippen LogP contribution in [0.3, 0.4) is 0 Å². The third kappa shape index (κ3) is 6.75. The predicted octanol–water partition coefficient (Wildman–Crippen LogP) is 2.30. The van der Waals surface area contributed by atoms with E-state index in [9.17, 15) is 13.0 Å². The molecule has 0 saturated heterocycles. The summed E-state index contributed by atoms with van der Waals surface area (Å²) in [4.78, 5) is 0. The maximum Gasteiger partial charge on any atom is 0.155 e. The van der Waals surface area contributed by atoms with Crippen LogP contribution in [-0.4, -0.2) is 32.8 Å². The summed E-state index contributed by atoms with van der Waals surface area (Å²) in [7, 11) is 0. The van der Waals surface area contributed by atoms with E-state index in [2.05, 4.69) is 5.32 Å². The van der Waals surface area contributed by atoms with E-state index in [1.54, 1.807) is 12.1 Å². The highest BCUT2D eigenvalue weighted by Gasteiger charge is 2.20. The second-order valence-corrected chi connectivity index (χ2v) is 6.13. The summed E-state index contributed by atoms with van der Waals surface area (Å²) in [6.45, 7) is 3.82. The fourth-order valence-corrected chi connectivity index (χ4v) is 2.20. The maximum atomic E-state index is 13.3. The molecule has 108 valence electrons. The van der Waals surface area contributed by atoms with Crippen molar-refractivity contribution in [1.82, 2.24) is 5.32 Å². The topological polar surface area (TPSA) is 49.3 Å². The van der Waals surface area contributed by atoms with Gasteiger partial charge in [-0.1, -0.05) is 12.1 Å². The summed E-state index contributed by atoms with van der Waals surface area (Å²) in [5.41, 5.74) is 0.569. The summed E-state index contributed by atoms with van der Waals surface area (Å²) in [5.74, 6) is -0.677. The summed E-state index contributed by atoms with van der Waals surface area (Å²) in [6, 6.07) is 6.15. The molecule has 0 radical (unpaired) electrons. The Balaban J connectivity index is 2.47. The lowest BCUT2D eigenvalue weighted by Gasteiger charge is -2.27. The van der Waals surface area contributed by atoms with Gasteiger partial charge in [0.05, 0.1) is 5.75 Å². The molecule has 1 aromatic carbocycles. The first-order valence-corrected chi connectivity index (χ1v) is 7.27. The molecule has 2 atom stereocenters. The lowest BCUT2D eigenvalue weighted by molar-refractivity contribution is 0.293. The SMILES string of the molecule is CC(C)(Cc1ccc(F)cc1)NCC(F)CS(=O)O. The van der Waals surface area contributed by atoms with Gasteiger partial charge in [-0.25, -0.2) is 13.0 Å². The van der Waals surface area contributed by atoms with Gasteiger partial charge in [-0.15, -0.1) is 0 Å². The Hall–Kier alpha value is -0.850. The van der Waals surface area contributed by atoms with Crippen LogP contribution in [0, 0.1) is 5.82 Å². The smallest absolute Gasteiger partial charge is 0.155 e. The molecule has 0 aliphatic rings. The highest BCUT2D eigenvalue weighted by Crippen LogP contribution is 2.13. The molecule has 6 heteroatoms. The summed E-state index contributed by atoms with van der Waals surface area (Å²) in [6.07, 6.45) is -0.749.